The molecule has 0 unspecified atom stereocenters. The zero-order valence-electron chi connectivity index (χ0n) is 9.52. The largest absolute Gasteiger partial charge is 0.0985 e. The maximum atomic E-state index is 3.80. The maximum Gasteiger partial charge on any atom is 0.0207 e. The lowest BCUT2D eigenvalue weighted by molar-refractivity contribution is 1.10. The van der Waals surface area contributed by atoms with E-state index in [1.54, 1.807) is 0 Å². The average molecular weight is 255 g/mol. The monoisotopic (exact) mass is 254 g/mol. The standard InChI is InChI=1S/C11H13Br.C2H6/c1-4-9-6-7-11(12)8(3)10(9)5-2;1-2/h4,6-7H,1,5H2,2-3H3;1-2H3. The van der Waals surface area contributed by atoms with Crippen LogP contribution in [-0.4, -0.2) is 0 Å². The fraction of sp³-hybridized carbons (Fsp3) is 0.385. The summed E-state index contributed by atoms with van der Waals surface area (Å²) >= 11 is 3.52. The molecule has 1 rings (SSSR count). The molecule has 0 nitrogen and oxygen atoms in total. The van der Waals surface area contributed by atoms with E-state index in [0.717, 1.165) is 6.42 Å². The summed E-state index contributed by atoms with van der Waals surface area (Å²) in [7, 11) is 0. The van der Waals surface area contributed by atoms with E-state index in [0.29, 0.717) is 0 Å². The molecule has 1 heteroatoms. The third-order valence-corrected chi connectivity index (χ3v) is 3.00. The van der Waals surface area contributed by atoms with Crippen LogP contribution in [-0.2, 0) is 6.42 Å². The van der Waals surface area contributed by atoms with Crippen LogP contribution in [0.4, 0.5) is 0 Å². The molecule has 0 aliphatic heterocycles. The van der Waals surface area contributed by atoms with E-state index in [9.17, 15) is 0 Å². The van der Waals surface area contributed by atoms with Crippen LogP contribution in [0, 0.1) is 6.92 Å². The second-order valence-corrected chi connectivity index (χ2v) is 3.65. The first-order chi connectivity index (χ1) is 6.70. The third kappa shape index (κ3) is 2.98. The third-order valence-electron chi connectivity index (χ3n) is 2.14. The molecule has 78 valence electrons. The Kier molecular flexibility index (Phi) is 6.56. The number of hydrogen-bond acceptors (Lipinski definition) is 0. The summed E-state index contributed by atoms with van der Waals surface area (Å²) in [4.78, 5) is 0. The van der Waals surface area contributed by atoms with Crippen molar-refractivity contribution in [2.45, 2.75) is 34.1 Å². The molecular weight excluding hydrogens is 236 g/mol. The van der Waals surface area contributed by atoms with Crippen molar-refractivity contribution in [2.24, 2.45) is 0 Å². The lowest BCUT2D eigenvalue weighted by Gasteiger charge is -2.08. The Labute approximate surface area is 96.2 Å². The SMILES string of the molecule is C=Cc1ccc(Br)c(C)c1CC.CC. The molecule has 0 radical (unpaired) electrons. The van der Waals surface area contributed by atoms with Crippen molar-refractivity contribution in [2.75, 3.05) is 0 Å². The molecule has 1 aromatic carbocycles. The Morgan fingerprint density at radius 3 is 2.36 bits per heavy atom. The summed E-state index contributed by atoms with van der Waals surface area (Å²) in [5.74, 6) is 0. The summed E-state index contributed by atoms with van der Waals surface area (Å²) in [5.41, 5.74) is 3.97. The number of benzene rings is 1. The molecule has 0 heterocycles. The molecule has 0 aromatic heterocycles. The Hall–Kier alpha value is -0.560. The highest BCUT2D eigenvalue weighted by atomic mass is 79.9. The van der Waals surface area contributed by atoms with Crippen molar-refractivity contribution in [3.05, 3.63) is 39.9 Å². The van der Waals surface area contributed by atoms with Crippen LogP contribution in [0.1, 0.15) is 37.5 Å². The van der Waals surface area contributed by atoms with Crippen LogP contribution in [0.3, 0.4) is 0 Å². The zero-order valence-corrected chi connectivity index (χ0v) is 11.1. The van der Waals surface area contributed by atoms with Crippen molar-refractivity contribution in [3.63, 3.8) is 0 Å². The van der Waals surface area contributed by atoms with Crippen LogP contribution in [0.15, 0.2) is 23.2 Å². The van der Waals surface area contributed by atoms with Gasteiger partial charge >= 0.3 is 0 Å². The fourth-order valence-corrected chi connectivity index (χ4v) is 1.78. The van der Waals surface area contributed by atoms with Gasteiger partial charge in [0.1, 0.15) is 0 Å². The zero-order chi connectivity index (χ0) is 11.1. The van der Waals surface area contributed by atoms with E-state index in [4.69, 9.17) is 0 Å². The van der Waals surface area contributed by atoms with E-state index >= 15 is 0 Å². The van der Waals surface area contributed by atoms with Crippen molar-refractivity contribution < 1.29 is 0 Å². The molecule has 0 bridgehead atoms. The first-order valence-corrected chi connectivity index (χ1v) is 5.90. The van der Waals surface area contributed by atoms with Gasteiger partial charge in [-0.2, -0.15) is 0 Å². The summed E-state index contributed by atoms with van der Waals surface area (Å²) < 4.78 is 1.19. The lowest BCUT2D eigenvalue weighted by Crippen LogP contribution is -1.91. The predicted molar refractivity (Wildman–Crippen MR) is 69.7 cm³/mol. The molecule has 0 fully saturated rings. The van der Waals surface area contributed by atoms with E-state index < -0.39 is 0 Å². The topological polar surface area (TPSA) is 0 Å². The molecule has 0 atom stereocenters. The van der Waals surface area contributed by atoms with Gasteiger partial charge in [-0.15, -0.1) is 0 Å². The van der Waals surface area contributed by atoms with E-state index in [2.05, 4.69) is 48.5 Å². The van der Waals surface area contributed by atoms with E-state index in [1.807, 2.05) is 19.9 Å². The van der Waals surface area contributed by atoms with Crippen molar-refractivity contribution >= 4 is 22.0 Å². The molecule has 0 aliphatic rings. The van der Waals surface area contributed by atoms with E-state index in [-0.39, 0.29) is 0 Å². The van der Waals surface area contributed by atoms with Crippen LogP contribution in [0.2, 0.25) is 0 Å². The van der Waals surface area contributed by atoms with Crippen molar-refractivity contribution in [3.8, 4) is 0 Å². The number of halogens is 1. The second-order valence-electron chi connectivity index (χ2n) is 2.80. The predicted octanol–water partition coefficient (Wildman–Crippen LogP) is 4.99. The molecule has 1 aromatic rings. The van der Waals surface area contributed by atoms with Gasteiger partial charge in [0.25, 0.3) is 0 Å². The number of hydrogen-bond donors (Lipinski definition) is 0. The van der Waals surface area contributed by atoms with Gasteiger partial charge in [0, 0.05) is 4.47 Å². The normalized spacial score (nSPS) is 8.93. The maximum absolute atomic E-state index is 3.80. The number of rotatable bonds is 2. The Morgan fingerprint density at radius 1 is 1.36 bits per heavy atom. The van der Waals surface area contributed by atoms with Gasteiger partial charge in [-0.3, -0.25) is 0 Å². The summed E-state index contributed by atoms with van der Waals surface area (Å²) in [6.45, 7) is 12.1. The minimum absolute atomic E-state index is 1.06. The van der Waals surface area contributed by atoms with Crippen molar-refractivity contribution in [1.29, 1.82) is 0 Å². The molecule has 0 saturated carbocycles. The van der Waals surface area contributed by atoms with Gasteiger partial charge in [-0.1, -0.05) is 55.4 Å². The van der Waals surface area contributed by atoms with E-state index in [1.165, 1.54) is 21.2 Å². The molecular formula is C13H19Br. The highest BCUT2D eigenvalue weighted by Crippen LogP contribution is 2.24. The minimum atomic E-state index is 1.06. The first-order valence-electron chi connectivity index (χ1n) is 5.11. The minimum Gasteiger partial charge on any atom is -0.0985 e. The Morgan fingerprint density at radius 2 is 1.93 bits per heavy atom. The highest BCUT2D eigenvalue weighted by molar-refractivity contribution is 9.10. The lowest BCUT2D eigenvalue weighted by atomic mass is 10.00. The Balaban J connectivity index is 0.000000791. The molecule has 0 spiro atoms. The van der Waals surface area contributed by atoms with Gasteiger partial charge in [0.15, 0.2) is 0 Å². The van der Waals surface area contributed by atoms with Gasteiger partial charge in [-0.05, 0) is 36.1 Å². The first kappa shape index (κ1) is 13.4. The summed E-state index contributed by atoms with van der Waals surface area (Å²) in [6.07, 6.45) is 2.98. The van der Waals surface area contributed by atoms with Gasteiger partial charge < -0.3 is 0 Å². The van der Waals surface area contributed by atoms with Crippen LogP contribution < -0.4 is 0 Å². The Bertz CT molecular complexity index is 300. The molecule has 0 aliphatic carbocycles. The van der Waals surface area contributed by atoms with Gasteiger partial charge in [0.05, 0.1) is 0 Å². The highest BCUT2D eigenvalue weighted by Gasteiger charge is 2.03. The molecule has 14 heavy (non-hydrogen) atoms. The average Bonchev–Trinajstić information content (AvgIpc) is 2.24. The van der Waals surface area contributed by atoms with Gasteiger partial charge in [0.2, 0.25) is 0 Å². The summed E-state index contributed by atoms with van der Waals surface area (Å²) in [6, 6.07) is 4.18. The van der Waals surface area contributed by atoms with Crippen LogP contribution >= 0.6 is 15.9 Å². The molecule has 0 N–H and O–H groups in total. The second kappa shape index (κ2) is 6.83. The summed E-state index contributed by atoms with van der Waals surface area (Å²) in [5, 5.41) is 0. The fourth-order valence-electron chi connectivity index (χ4n) is 1.41. The smallest absolute Gasteiger partial charge is 0.0207 e. The quantitative estimate of drug-likeness (QED) is 0.698. The van der Waals surface area contributed by atoms with Crippen LogP contribution in [0.25, 0.3) is 6.08 Å². The van der Waals surface area contributed by atoms with Gasteiger partial charge in [-0.25, -0.2) is 0 Å². The van der Waals surface area contributed by atoms with Crippen LogP contribution in [0.5, 0.6) is 0 Å². The molecule has 0 amide bonds. The van der Waals surface area contributed by atoms with Crippen molar-refractivity contribution in [1.82, 2.24) is 0 Å². The molecule has 0 saturated heterocycles.